The lowest BCUT2D eigenvalue weighted by Crippen LogP contribution is -2.37. The number of aliphatic hydroxyl groups excluding tert-OH is 1. The fraction of sp³-hybridized carbons (Fsp3) is 0.545. The van der Waals surface area contributed by atoms with Crippen molar-refractivity contribution in [2.45, 2.75) is 115 Å². The minimum Gasteiger partial charge on any atom is -0.506 e. The number of allylic oxidation sites excluding steroid dienone is 5. The summed E-state index contributed by atoms with van der Waals surface area (Å²) in [4.78, 5) is 67.6. The molecule has 310 valence electrons. The predicted molar refractivity (Wildman–Crippen MR) is 220 cm³/mol. The van der Waals surface area contributed by atoms with E-state index in [4.69, 9.17) is 9.47 Å². The highest BCUT2D eigenvalue weighted by Gasteiger charge is 2.40. The van der Waals surface area contributed by atoms with Gasteiger partial charge in [-0.2, -0.15) is 0 Å². The van der Waals surface area contributed by atoms with Crippen molar-refractivity contribution in [2.75, 3.05) is 49.6 Å². The van der Waals surface area contributed by atoms with Gasteiger partial charge < -0.3 is 40.7 Å². The number of carbonyl (C=O) groups is 5. The number of hydrogen-bond acceptors (Lipinski definition) is 9. The van der Waals surface area contributed by atoms with Crippen LogP contribution in [0, 0.1) is 0 Å². The van der Waals surface area contributed by atoms with Gasteiger partial charge in [-0.05, 0) is 62.8 Å². The summed E-state index contributed by atoms with van der Waals surface area (Å²) in [6, 6.07) is 5.62. The summed E-state index contributed by atoms with van der Waals surface area (Å²) < 4.78 is 12.8. The first kappa shape index (κ1) is 40.8. The molecule has 4 fully saturated rings. The summed E-state index contributed by atoms with van der Waals surface area (Å²) in [6.45, 7) is 3.23. The topological polar surface area (TPSA) is 178 Å². The molecule has 4 amide bonds. The van der Waals surface area contributed by atoms with Crippen molar-refractivity contribution in [1.29, 1.82) is 0 Å². The minimum absolute atomic E-state index is 0.0552. The molecule has 0 bridgehead atoms. The predicted octanol–water partition coefficient (Wildman–Crippen LogP) is 6.09. The van der Waals surface area contributed by atoms with E-state index in [-0.39, 0.29) is 55.0 Å². The molecule has 2 aliphatic heterocycles. The molecule has 14 nitrogen and oxygen atoms in total. The molecule has 0 aromatic heterocycles. The van der Waals surface area contributed by atoms with E-state index in [1.807, 2.05) is 24.3 Å². The normalized spacial score (nSPS) is 21.4. The molecule has 4 aliphatic carbocycles. The van der Waals surface area contributed by atoms with Crippen LogP contribution >= 0.6 is 0 Å². The first-order chi connectivity index (χ1) is 28.2. The Morgan fingerprint density at radius 1 is 0.724 bits per heavy atom. The van der Waals surface area contributed by atoms with E-state index in [0.29, 0.717) is 22.5 Å². The maximum Gasteiger partial charge on any atom is 0.407 e. The summed E-state index contributed by atoms with van der Waals surface area (Å²) in [7, 11) is 0. The Kier molecular flexibility index (Phi) is 13.6. The van der Waals surface area contributed by atoms with E-state index in [1.54, 1.807) is 12.1 Å². The average molecular weight is 798 g/mol. The number of amides is 4. The molecule has 1 aromatic rings. The Bertz CT molecular complexity index is 1920. The van der Waals surface area contributed by atoms with E-state index in [2.05, 4.69) is 30.7 Å². The van der Waals surface area contributed by atoms with Crippen LogP contribution in [0.3, 0.4) is 0 Å². The number of alkyl carbamates (subject to hydrolysis) is 2. The third-order valence-corrected chi connectivity index (χ3v) is 11.9. The monoisotopic (exact) mass is 797 g/mol. The molecule has 0 atom stereocenters. The lowest BCUT2D eigenvalue weighted by atomic mass is 9.78. The number of hydrogen-bond donors (Lipinski definition) is 5. The highest BCUT2D eigenvalue weighted by Crippen LogP contribution is 2.43. The quantitative estimate of drug-likeness (QED) is 0.124. The van der Waals surface area contributed by atoms with Crippen LogP contribution < -0.4 is 26.2 Å². The van der Waals surface area contributed by atoms with Crippen molar-refractivity contribution in [3.63, 3.8) is 0 Å². The fourth-order valence-electron chi connectivity index (χ4n) is 8.76. The van der Waals surface area contributed by atoms with Crippen LogP contribution in [0.4, 0.5) is 21.0 Å². The highest BCUT2D eigenvalue weighted by molar-refractivity contribution is 6.40. The number of rotatable bonds is 12. The molecule has 2 saturated heterocycles. The van der Waals surface area contributed by atoms with Crippen molar-refractivity contribution in [3.8, 4) is 0 Å². The van der Waals surface area contributed by atoms with Crippen molar-refractivity contribution in [2.24, 2.45) is 0 Å². The third kappa shape index (κ3) is 10.2. The fourth-order valence-corrected chi connectivity index (χ4v) is 8.76. The molecule has 7 rings (SSSR count). The number of aliphatic hydroxyl groups is 1. The minimum atomic E-state index is -0.538. The molecule has 0 radical (unpaired) electrons. The Labute approximate surface area is 339 Å². The van der Waals surface area contributed by atoms with Crippen molar-refractivity contribution >= 4 is 52.4 Å². The SMILES string of the molecule is O=C(CCOC(=O)NC1CCCCC1)NC1=CC(=[N+]2CCCC2)C=C/C1=C1\C(=O)C(c2ccc(N3CCCC3)cc2NC(=O)CCOC(=O)NC2CCCCC2)=C1O. The van der Waals surface area contributed by atoms with Gasteiger partial charge in [-0.3, -0.25) is 14.4 Å². The Morgan fingerprint density at radius 3 is 1.90 bits per heavy atom. The molecule has 0 unspecified atom stereocenters. The molecule has 0 spiro atoms. The van der Waals surface area contributed by atoms with Gasteiger partial charge in [0.1, 0.15) is 32.1 Å². The molecular formula is C44H57N6O8+. The summed E-state index contributed by atoms with van der Waals surface area (Å²) in [5, 5.41) is 23.2. The number of nitrogens with zero attached hydrogens (tertiary/aromatic N) is 2. The molecule has 2 heterocycles. The second-order valence-electron chi connectivity index (χ2n) is 16.1. The molecule has 5 N–H and O–H groups in total. The average Bonchev–Trinajstić information content (AvgIpc) is 3.96. The Morgan fingerprint density at radius 2 is 1.31 bits per heavy atom. The van der Waals surface area contributed by atoms with Gasteiger partial charge in [0.25, 0.3) is 0 Å². The van der Waals surface area contributed by atoms with E-state index in [0.717, 1.165) is 115 Å². The zero-order chi connectivity index (χ0) is 40.4. The highest BCUT2D eigenvalue weighted by atomic mass is 16.6. The molecule has 14 heteroatoms. The van der Waals surface area contributed by atoms with E-state index < -0.39 is 29.8 Å². The Hall–Kier alpha value is -5.40. The first-order valence-corrected chi connectivity index (χ1v) is 21.3. The largest absolute Gasteiger partial charge is 0.506 e. The first-order valence-electron chi connectivity index (χ1n) is 21.3. The van der Waals surface area contributed by atoms with Crippen LogP contribution in [0.1, 0.15) is 108 Å². The smallest absolute Gasteiger partial charge is 0.407 e. The number of anilines is 2. The van der Waals surface area contributed by atoms with Crippen LogP contribution in [0.2, 0.25) is 0 Å². The number of ketones is 1. The molecule has 1 aromatic carbocycles. The number of Topliss-reactive ketones (excluding diaryl/α,β-unsaturated/α-hetero) is 1. The third-order valence-electron chi connectivity index (χ3n) is 11.9. The number of ether oxygens (including phenoxy) is 2. The van der Waals surface area contributed by atoms with E-state index in [9.17, 15) is 29.1 Å². The number of benzene rings is 1. The van der Waals surface area contributed by atoms with E-state index >= 15 is 0 Å². The zero-order valence-electron chi connectivity index (χ0n) is 33.4. The number of nitrogens with one attached hydrogen (secondary N) is 4. The van der Waals surface area contributed by atoms with Crippen molar-refractivity contribution in [3.05, 3.63) is 64.6 Å². The zero-order valence-corrected chi connectivity index (χ0v) is 33.4. The van der Waals surface area contributed by atoms with E-state index in [1.165, 1.54) is 12.8 Å². The van der Waals surface area contributed by atoms with Crippen molar-refractivity contribution < 1.29 is 43.1 Å². The van der Waals surface area contributed by atoms with Crippen LogP contribution in [-0.4, -0.2) is 96.7 Å². The standard InChI is InChI=1S/C44H56N6O8/c51-37(19-25-57-43(55)45-29-11-3-1-4-12-29)47-35-27-31(49-21-7-8-22-49)15-17-33(35)39-41(53)40(42(39)54)34-18-16-32(50-23-9-10-24-50)28-36(34)48-38(52)20-26-58-44(56)46-30-13-5-2-6-14-30/h15-18,27-30H,1-14,19-26H2,(H4,45,46,47,48,51,52,53,54,55,56)/p+1. The summed E-state index contributed by atoms with van der Waals surface area (Å²) in [6.07, 6.45) is 18.7. The van der Waals surface area contributed by atoms with Crippen molar-refractivity contribution in [1.82, 2.24) is 16.0 Å². The van der Waals surface area contributed by atoms with Gasteiger partial charge in [0.15, 0.2) is 0 Å². The second-order valence-corrected chi connectivity index (χ2v) is 16.1. The van der Waals surface area contributed by atoms with Crippen LogP contribution in [0.5, 0.6) is 0 Å². The number of carbonyl (C=O) groups excluding carboxylic acids is 5. The Balaban J connectivity index is 1.07. The van der Waals surface area contributed by atoms with Crippen LogP contribution in [0.25, 0.3) is 5.57 Å². The summed E-state index contributed by atoms with van der Waals surface area (Å²) in [5.41, 5.74) is 3.32. The van der Waals surface area contributed by atoms with Gasteiger partial charge in [0.05, 0.1) is 35.4 Å². The van der Waals surface area contributed by atoms with Gasteiger partial charge in [-0.1, -0.05) is 38.5 Å². The lowest BCUT2D eigenvalue weighted by Gasteiger charge is -2.28. The van der Waals surface area contributed by atoms with Gasteiger partial charge in [-0.15, -0.1) is 0 Å². The maximum absolute atomic E-state index is 14.1. The van der Waals surface area contributed by atoms with Gasteiger partial charge in [-0.25, -0.2) is 14.2 Å². The molecular weight excluding hydrogens is 741 g/mol. The van der Waals surface area contributed by atoms with Crippen LogP contribution in [-0.2, 0) is 23.9 Å². The van der Waals surface area contributed by atoms with Gasteiger partial charge >= 0.3 is 12.2 Å². The lowest BCUT2D eigenvalue weighted by molar-refractivity contribution is -0.504. The van der Waals surface area contributed by atoms with Gasteiger partial charge in [0, 0.05) is 67.0 Å². The van der Waals surface area contributed by atoms with Gasteiger partial charge in [0.2, 0.25) is 23.3 Å². The van der Waals surface area contributed by atoms with Crippen LogP contribution in [0.15, 0.2) is 59.0 Å². The summed E-state index contributed by atoms with van der Waals surface area (Å²) in [5.74, 6) is -1.49. The molecule has 58 heavy (non-hydrogen) atoms. The second kappa shape index (κ2) is 19.4. The molecule has 6 aliphatic rings. The molecule has 2 saturated carbocycles. The summed E-state index contributed by atoms with van der Waals surface area (Å²) >= 11 is 0. The maximum atomic E-state index is 14.1.